The number of amides is 1. The van der Waals surface area contributed by atoms with E-state index < -0.39 is 0 Å². The van der Waals surface area contributed by atoms with Gasteiger partial charge in [-0.25, -0.2) is 0 Å². The van der Waals surface area contributed by atoms with Crippen LogP contribution in [0.3, 0.4) is 0 Å². The van der Waals surface area contributed by atoms with Gasteiger partial charge in [0, 0.05) is 23.8 Å². The van der Waals surface area contributed by atoms with Crippen LogP contribution in [-0.2, 0) is 11.3 Å². The maximum Gasteiger partial charge on any atom is 0.226 e. The van der Waals surface area contributed by atoms with Crippen LogP contribution in [0.15, 0.2) is 42.5 Å². The smallest absolute Gasteiger partial charge is 0.226 e. The van der Waals surface area contributed by atoms with E-state index in [0.29, 0.717) is 17.3 Å². The molecule has 4 nitrogen and oxygen atoms in total. The Kier molecular flexibility index (Phi) is 5.88. The Hall–Kier alpha value is -2.20. The molecule has 2 rings (SSSR count). The van der Waals surface area contributed by atoms with Crippen LogP contribution in [-0.4, -0.2) is 13.0 Å². The van der Waals surface area contributed by atoms with E-state index in [1.807, 2.05) is 56.3 Å². The van der Waals surface area contributed by atoms with Crippen LogP contribution in [0.2, 0.25) is 5.02 Å². The highest BCUT2D eigenvalue weighted by Gasteiger charge is 2.06. The van der Waals surface area contributed by atoms with E-state index in [9.17, 15) is 4.79 Å². The predicted octanol–water partition coefficient (Wildman–Crippen LogP) is 4.56. The van der Waals surface area contributed by atoms with Gasteiger partial charge in [0.15, 0.2) is 0 Å². The molecule has 0 unspecified atom stereocenters. The fourth-order valence-corrected chi connectivity index (χ4v) is 2.26. The van der Waals surface area contributed by atoms with Crippen molar-refractivity contribution in [2.24, 2.45) is 5.92 Å². The van der Waals surface area contributed by atoms with Crippen LogP contribution in [0.25, 0.3) is 0 Å². The molecule has 0 radical (unpaired) electrons. The molecule has 0 heterocycles. The molecular weight excluding hydrogens is 312 g/mol. The van der Waals surface area contributed by atoms with Gasteiger partial charge in [-0.2, -0.15) is 0 Å². The second-order valence-corrected chi connectivity index (χ2v) is 5.95. The van der Waals surface area contributed by atoms with Crippen molar-refractivity contribution < 1.29 is 9.53 Å². The number of hydrogen-bond donors (Lipinski definition) is 2. The van der Waals surface area contributed by atoms with E-state index in [2.05, 4.69) is 10.6 Å². The third-order valence-electron chi connectivity index (χ3n) is 3.39. The van der Waals surface area contributed by atoms with Crippen molar-refractivity contribution in [2.75, 3.05) is 17.7 Å². The summed E-state index contributed by atoms with van der Waals surface area (Å²) in [5.41, 5.74) is 2.83. The summed E-state index contributed by atoms with van der Waals surface area (Å²) in [6.45, 7) is 4.39. The Balaban J connectivity index is 1.93. The Bertz CT molecular complexity index is 669. The lowest BCUT2D eigenvalue weighted by molar-refractivity contribution is -0.118. The zero-order valence-electron chi connectivity index (χ0n) is 13.5. The minimum atomic E-state index is -0.0346. The monoisotopic (exact) mass is 332 g/mol. The molecule has 23 heavy (non-hydrogen) atoms. The summed E-state index contributed by atoms with van der Waals surface area (Å²) in [6.07, 6.45) is 0. The minimum Gasteiger partial charge on any atom is -0.495 e. The summed E-state index contributed by atoms with van der Waals surface area (Å²) in [7, 11) is 1.60. The molecule has 0 fully saturated rings. The van der Waals surface area contributed by atoms with Gasteiger partial charge < -0.3 is 15.4 Å². The summed E-state index contributed by atoms with van der Waals surface area (Å²) in [5, 5.41) is 6.78. The van der Waals surface area contributed by atoms with Crippen LogP contribution >= 0.6 is 11.6 Å². The Labute approximate surface area is 141 Å². The van der Waals surface area contributed by atoms with E-state index in [-0.39, 0.29) is 11.8 Å². The molecule has 5 heteroatoms. The average Bonchev–Trinajstić information content (AvgIpc) is 2.54. The SMILES string of the molecule is COc1ccc(CNc2ccc(NC(=O)C(C)C)cc2)cc1Cl. The van der Waals surface area contributed by atoms with E-state index in [1.165, 1.54) is 0 Å². The fraction of sp³-hybridized carbons (Fsp3) is 0.278. The standard InChI is InChI=1S/C18H21ClN2O2/c1-12(2)18(22)21-15-7-5-14(6-8-15)20-11-13-4-9-17(23-3)16(19)10-13/h4-10,12,20H,11H2,1-3H3,(H,21,22). The molecule has 0 saturated carbocycles. The number of anilines is 2. The van der Waals surface area contributed by atoms with Crippen molar-refractivity contribution in [3.05, 3.63) is 53.1 Å². The van der Waals surface area contributed by atoms with E-state index in [0.717, 1.165) is 16.9 Å². The summed E-state index contributed by atoms with van der Waals surface area (Å²) in [5.74, 6) is 0.645. The summed E-state index contributed by atoms with van der Waals surface area (Å²) in [4.78, 5) is 11.6. The lowest BCUT2D eigenvalue weighted by atomic mass is 10.2. The number of rotatable bonds is 6. The van der Waals surface area contributed by atoms with Crippen molar-refractivity contribution in [3.8, 4) is 5.75 Å². The molecule has 2 aromatic rings. The van der Waals surface area contributed by atoms with E-state index in [4.69, 9.17) is 16.3 Å². The van der Waals surface area contributed by atoms with E-state index >= 15 is 0 Å². The van der Waals surface area contributed by atoms with E-state index in [1.54, 1.807) is 7.11 Å². The molecule has 2 N–H and O–H groups in total. The minimum absolute atomic E-state index is 0.0126. The second kappa shape index (κ2) is 7.88. The quantitative estimate of drug-likeness (QED) is 0.815. The zero-order valence-corrected chi connectivity index (χ0v) is 14.3. The largest absolute Gasteiger partial charge is 0.495 e. The molecule has 0 aliphatic carbocycles. The van der Waals surface area contributed by atoms with Crippen molar-refractivity contribution in [3.63, 3.8) is 0 Å². The number of carbonyl (C=O) groups excluding carboxylic acids is 1. The molecular formula is C18H21ClN2O2. The number of benzene rings is 2. The maximum atomic E-state index is 11.6. The first kappa shape index (κ1) is 17.2. The number of methoxy groups -OCH3 is 1. The Morgan fingerprint density at radius 2 is 1.78 bits per heavy atom. The molecule has 122 valence electrons. The zero-order chi connectivity index (χ0) is 16.8. The molecule has 0 aliphatic rings. The van der Waals surface area contributed by atoms with Crippen LogP contribution < -0.4 is 15.4 Å². The molecule has 0 aliphatic heterocycles. The van der Waals surface area contributed by atoms with Gasteiger partial charge >= 0.3 is 0 Å². The molecule has 0 aromatic heterocycles. The van der Waals surface area contributed by atoms with Crippen molar-refractivity contribution in [1.29, 1.82) is 0 Å². The van der Waals surface area contributed by atoms with Gasteiger partial charge in [0.1, 0.15) is 5.75 Å². The molecule has 0 atom stereocenters. The Morgan fingerprint density at radius 3 is 2.35 bits per heavy atom. The molecule has 0 bridgehead atoms. The first-order chi connectivity index (χ1) is 11.0. The predicted molar refractivity (Wildman–Crippen MR) is 95.2 cm³/mol. The highest BCUT2D eigenvalue weighted by molar-refractivity contribution is 6.32. The lowest BCUT2D eigenvalue weighted by Gasteiger charge is -2.11. The maximum absolute atomic E-state index is 11.6. The highest BCUT2D eigenvalue weighted by Crippen LogP contribution is 2.25. The molecule has 0 spiro atoms. The summed E-state index contributed by atoms with van der Waals surface area (Å²) >= 11 is 6.11. The van der Waals surface area contributed by atoms with Gasteiger partial charge in [0.2, 0.25) is 5.91 Å². The van der Waals surface area contributed by atoms with Crippen LogP contribution in [0.5, 0.6) is 5.75 Å². The first-order valence-corrected chi connectivity index (χ1v) is 7.84. The van der Waals surface area contributed by atoms with Gasteiger partial charge in [0.05, 0.1) is 12.1 Å². The van der Waals surface area contributed by atoms with Crippen molar-refractivity contribution >= 4 is 28.9 Å². The van der Waals surface area contributed by atoms with Gasteiger partial charge in [-0.15, -0.1) is 0 Å². The number of hydrogen-bond acceptors (Lipinski definition) is 3. The average molecular weight is 333 g/mol. The normalized spacial score (nSPS) is 10.5. The second-order valence-electron chi connectivity index (χ2n) is 5.54. The number of ether oxygens (including phenoxy) is 1. The molecule has 2 aromatic carbocycles. The van der Waals surface area contributed by atoms with Crippen molar-refractivity contribution in [1.82, 2.24) is 0 Å². The number of nitrogens with one attached hydrogen (secondary N) is 2. The number of carbonyl (C=O) groups is 1. The van der Waals surface area contributed by atoms with Crippen LogP contribution in [0.1, 0.15) is 19.4 Å². The van der Waals surface area contributed by atoms with Gasteiger partial charge in [-0.3, -0.25) is 4.79 Å². The molecule has 1 amide bonds. The third kappa shape index (κ3) is 4.89. The fourth-order valence-electron chi connectivity index (χ4n) is 1.98. The van der Waals surface area contributed by atoms with Crippen LogP contribution in [0.4, 0.5) is 11.4 Å². The summed E-state index contributed by atoms with van der Waals surface area (Å²) in [6, 6.07) is 13.3. The van der Waals surface area contributed by atoms with Gasteiger partial charge in [-0.05, 0) is 42.0 Å². The highest BCUT2D eigenvalue weighted by atomic mass is 35.5. The molecule has 0 saturated heterocycles. The summed E-state index contributed by atoms with van der Waals surface area (Å²) < 4.78 is 5.14. The number of halogens is 1. The van der Waals surface area contributed by atoms with Gasteiger partial charge in [0.25, 0.3) is 0 Å². The van der Waals surface area contributed by atoms with Crippen molar-refractivity contribution in [2.45, 2.75) is 20.4 Å². The topological polar surface area (TPSA) is 50.4 Å². The Morgan fingerprint density at radius 1 is 1.13 bits per heavy atom. The third-order valence-corrected chi connectivity index (χ3v) is 3.69. The lowest BCUT2D eigenvalue weighted by Crippen LogP contribution is -2.17. The first-order valence-electron chi connectivity index (χ1n) is 7.47. The van der Waals surface area contributed by atoms with Gasteiger partial charge in [-0.1, -0.05) is 31.5 Å². The van der Waals surface area contributed by atoms with Crippen LogP contribution in [0, 0.1) is 5.92 Å².